The van der Waals surface area contributed by atoms with Crippen LogP contribution in [0.25, 0.3) is 0 Å². The van der Waals surface area contributed by atoms with Crippen LogP contribution in [0.2, 0.25) is 0 Å². The molecule has 0 heterocycles. The Bertz CT molecular complexity index is 205. The molecule has 0 aromatic carbocycles. The third kappa shape index (κ3) is 11.4. The summed E-state index contributed by atoms with van der Waals surface area (Å²) in [5.74, 6) is 1.33. The molecule has 19 heavy (non-hydrogen) atoms. The molecule has 0 N–H and O–H groups in total. The monoisotopic (exact) mass is 272 g/mol. The van der Waals surface area contributed by atoms with E-state index in [2.05, 4.69) is 55.4 Å². The molecule has 0 spiro atoms. The van der Waals surface area contributed by atoms with Gasteiger partial charge < -0.3 is 9.47 Å². The molecule has 0 atom stereocenters. The predicted molar refractivity (Wildman–Crippen MR) is 83.6 cm³/mol. The summed E-state index contributed by atoms with van der Waals surface area (Å²) in [6.45, 7) is 19.2. The molecule has 0 aromatic rings. The van der Waals surface area contributed by atoms with Crippen LogP contribution in [0.15, 0.2) is 0 Å². The summed E-state index contributed by atoms with van der Waals surface area (Å²) in [6, 6.07) is 0. The van der Waals surface area contributed by atoms with Gasteiger partial charge >= 0.3 is 0 Å². The summed E-state index contributed by atoms with van der Waals surface area (Å²) in [4.78, 5) is 0. The standard InChI is InChI=1S/C17H36O2/c1-14(2)9-10-16(5,6)18-12-11-17(7,8)19-13-15(3)4/h14-15H,9-13H2,1-8H3. The quantitative estimate of drug-likeness (QED) is 0.553. The van der Waals surface area contributed by atoms with Gasteiger partial charge in [-0.25, -0.2) is 0 Å². The Kier molecular flexibility index (Phi) is 8.23. The van der Waals surface area contributed by atoms with Crippen LogP contribution in [-0.4, -0.2) is 24.4 Å². The normalized spacial score (nSPS) is 13.6. The minimum atomic E-state index is -0.0849. The molecule has 0 aliphatic carbocycles. The van der Waals surface area contributed by atoms with Gasteiger partial charge in [0.2, 0.25) is 0 Å². The van der Waals surface area contributed by atoms with Crippen molar-refractivity contribution in [3.8, 4) is 0 Å². The van der Waals surface area contributed by atoms with E-state index in [4.69, 9.17) is 9.47 Å². The maximum absolute atomic E-state index is 6.04. The number of ether oxygens (including phenoxy) is 2. The van der Waals surface area contributed by atoms with E-state index in [9.17, 15) is 0 Å². The average Bonchev–Trinajstić information content (AvgIpc) is 2.23. The molecule has 0 fully saturated rings. The third-order valence-corrected chi connectivity index (χ3v) is 3.33. The molecule has 2 nitrogen and oxygen atoms in total. The van der Waals surface area contributed by atoms with Gasteiger partial charge in [-0.3, -0.25) is 0 Å². The molecule has 0 aromatic heterocycles. The van der Waals surface area contributed by atoms with Gasteiger partial charge in [0, 0.05) is 6.61 Å². The number of hydrogen-bond acceptors (Lipinski definition) is 2. The van der Waals surface area contributed by atoms with Gasteiger partial charge in [-0.2, -0.15) is 0 Å². The lowest BCUT2D eigenvalue weighted by molar-refractivity contribution is -0.0806. The Labute approximate surface area is 121 Å². The van der Waals surface area contributed by atoms with Gasteiger partial charge in [0.25, 0.3) is 0 Å². The Morgan fingerprint density at radius 2 is 1.26 bits per heavy atom. The first-order valence-corrected chi connectivity index (χ1v) is 7.82. The molecule has 116 valence electrons. The highest BCUT2D eigenvalue weighted by atomic mass is 16.5. The van der Waals surface area contributed by atoms with Crippen molar-refractivity contribution in [3.05, 3.63) is 0 Å². The minimum Gasteiger partial charge on any atom is -0.375 e. The van der Waals surface area contributed by atoms with Crippen LogP contribution in [-0.2, 0) is 9.47 Å². The summed E-state index contributed by atoms with van der Waals surface area (Å²) in [5, 5.41) is 0. The van der Waals surface area contributed by atoms with Gasteiger partial charge in [-0.05, 0) is 58.8 Å². The molecule has 0 amide bonds. The first-order valence-electron chi connectivity index (χ1n) is 7.82. The fraction of sp³-hybridized carbons (Fsp3) is 1.00. The molecular formula is C17H36O2. The van der Waals surface area contributed by atoms with E-state index < -0.39 is 0 Å². The van der Waals surface area contributed by atoms with E-state index in [1.54, 1.807) is 0 Å². The first kappa shape index (κ1) is 18.9. The largest absolute Gasteiger partial charge is 0.375 e. The predicted octanol–water partition coefficient (Wildman–Crippen LogP) is 5.06. The van der Waals surface area contributed by atoms with Crippen molar-refractivity contribution in [1.29, 1.82) is 0 Å². The molecule has 0 saturated carbocycles. The lowest BCUT2D eigenvalue weighted by Crippen LogP contribution is -2.32. The summed E-state index contributed by atoms with van der Waals surface area (Å²) in [5.41, 5.74) is -0.100. The maximum atomic E-state index is 6.04. The molecule has 0 aliphatic heterocycles. The van der Waals surface area contributed by atoms with E-state index in [1.165, 1.54) is 6.42 Å². The third-order valence-electron chi connectivity index (χ3n) is 3.33. The summed E-state index contributed by atoms with van der Waals surface area (Å²) >= 11 is 0. The maximum Gasteiger partial charge on any atom is 0.0648 e. The van der Waals surface area contributed by atoms with E-state index in [0.29, 0.717) is 5.92 Å². The Balaban J connectivity index is 3.92. The fourth-order valence-corrected chi connectivity index (χ4v) is 1.75. The zero-order chi connectivity index (χ0) is 15.1. The van der Waals surface area contributed by atoms with Crippen LogP contribution in [0.5, 0.6) is 0 Å². The fourth-order valence-electron chi connectivity index (χ4n) is 1.75. The second-order valence-corrected chi connectivity index (χ2v) is 7.76. The molecule has 2 heteroatoms. The van der Waals surface area contributed by atoms with Crippen LogP contribution in [0, 0.1) is 11.8 Å². The SMILES string of the molecule is CC(C)CCC(C)(C)OCCC(C)(C)OCC(C)C. The molecule has 0 bridgehead atoms. The number of hydrogen-bond donors (Lipinski definition) is 0. The average molecular weight is 272 g/mol. The van der Waals surface area contributed by atoms with E-state index in [-0.39, 0.29) is 11.2 Å². The van der Waals surface area contributed by atoms with Crippen LogP contribution in [0.1, 0.15) is 74.7 Å². The van der Waals surface area contributed by atoms with Crippen molar-refractivity contribution >= 4 is 0 Å². The van der Waals surface area contributed by atoms with E-state index in [0.717, 1.165) is 32.0 Å². The highest BCUT2D eigenvalue weighted by Gasteiger charge is 2.23. The summed E-state index contributed by atoms with van der Waals surface area (Å²) in [7, 11) is 0. The Hall–Kier alpha value is -0.0800. The lowest BCUT2D eigenvalue weighted by atomic mass is 9.96. The van der Waals surface area contributed by atoms with Crippen molar-refractivity contribution < 1.29 is 9.47 Å². The highest BCUT2D eigenvalue weighted by Crippen LogP contribution is 2.22. The summed E-state index contributed by atoms with van der Waals surface area (Å²) in [6.07, 6.45) is 3.29. The van der Waals surface area contributed by atoms with E-state index in [1.807, 2.05) is 0 Å². The van der Waals surface area contributed by atoms with Crippen LogP contribution >= 0.6 is 0 Å². The van der Waals surface area contributed by atoms with Crippen molar-refractivity contribution in [3.63, 3.8) is 0 Å². The van der Waals surface area contributed by atoms with Crippen molar-refractivity contribution in [2.75, 3.05) is 13.2 Å². The highest BCUT2D eigenvalue weighted by molar-refractivity contribution is 4.73. The number of rotatable bonds is 10. The van der Waals surface area contributed by atoms with Gasteiger partial charge in [-0.1, -0.05) is 27.7 Å². The molecule has 0 aliphatic rings. The molecule has 0 unspecified atom stereocenters. The second kappa shape index (κ2) is 8.26. The molecule has 0 rings (SSSR count). The van der Waals surface area contributed by atoms with Gasteiger partial charge in [0.1, 0.15) is 0 Å². The van der Waals surface area contributed by atoms with Gasteiger partial charge in [0.15, 0.2) is 0 Å². The zero-order valence-corrected chi connectivity index (χ0v) is 14.5. The molecule has 0 saturated heterocycles. The Morgan fingerprint density at radius 3 is 1.74 bits per heavy atom. The van der Waals surface area contributed by atoms with E-state index >= 15 is 0 Å². The first-order chi connectivity index (χ1) is 8.54. The van der Waals surface area contributed by atoms with Crippen molar-refractivity contribution in [2.24, 2.45) is 11.8 Å². The topological polar surface area (TPSA) is 18.5 Å². The lowest BCUT2D eigenvalue weighted by Gasteiger charge is -2.30. The van der Waals surface area contributed by atoms with Gasteiger partial charge in [-0.15, -0.1) is 0 Å². The Morgan fingerprint density at radius 1 is 0.737 bits per heavy atom. The summed E-state index contributed by atoms with van der Waals surface area (Å²) < 4.78 is 12.0. The molecule has 0 radical (unpaired) electrons. The second-order valence-electron chi connectivity index (χ2n) is 7.76. The van der Waals surface area contributed by atoms with Gasteiger partial charge in [0.05, 0.1) is 17.8 Å². The zero-order valence-electron chi connectivity index (χ0n) is 14.5. The minimum absolute atomic E-state index is 0.0155. The van der Waals surface area contributed by atoms with Crippen LogP contribution < -0.4 is 0 Å². The van der Waals surface area contributed by atoms with Crippen molar-refractivity contribution in [2.45, 2.75) is 85.9 Å². The smallest absolute Gasteiger partial charge is 0.0648 e. The van der Waals surface area contributed by atoms with Crippen LogP contribution in [0.4, 0.5) is 0 Å². The van der Waals surface area contributed by atoms with Crippen LogP contribution in [0.3, 0.4) is 0 Å². The van der Waals surface area contributed by atoms with Crippen molar-refractivity contribution in [1.82, 2.24) is 0 Å². The molecular weight excluding hydrogens is 236 g/mol.